The summed E-state index contributed by atoms with van der Waals surface area (Å²) in [5, 5.41) is 6.21. The smallest absolute Gasteiger partial charge is 0.261 e. The Hall–Kier alpha value is -2.21. The maximum atomic E-state index is 12.2. The molecule has 2 heterocycles. The number of nitrogens with one attached hydrogen (secondary N) is 2. The fourth-order valence-electron chi connectivity index (χ4n) is 3.29. The Morgan fingerprint density at radius 2 is 1.88 bits per heavy atom. The van der Waals surface area contributed by atoms with Crippen LogP contribution in [0.3, 0.4) is 0 Å². The van der Waals surface area contributed by atoms with Crippen LogP contribution in [0.25, 0.3) is 0 Å². The molecule has 1 aromatic carbocycles. The molecule has 3 amide bonds. The summed E-state index contributed by atoms with van der Waals surface area (Å²) in [5.41, 5.74) is 0.972. The highest BCUT2D eigenvalue weighted by molar-refractivity contribution is 6.21. The lowest BCUT2D eigenvalue weighted by Crippen LogP contribution is -2.33. The fourth-order valence-corrected chi connectivity index (χ4v) is 3.29. The van der Waals surface area contributed by atoms with Crippen LogP contribution in [0.2, 0.25) is 0 Å². The standard InChI is InChI=1S/C18H23N3O3/c22-16(12-13-6-5-10-19-13)20-9-3-4-11-21-17(23)14-7-1-2-8-15(14)18(21)24/h1-2,7-8,13,19H,3-6,9-12H2,(H,20,22). The Kier molecular flexibility index (Phi) is 5.25. The summed E-state index contributed by atoms with van der Waals surface area (Å²) >= 11 is 0. The molecule has 0 spiro atoms. The van der Waals surface area contributed by atoms with Crippen LogP contribution in [0.5, 0.6) is 0 Å². The lowest BCUT2D eigenvalue weighted by atomic mass is 10.1. The Morgan fingerprint density at radius 1 is 1.17 bits per heavy atom. The van der Waals surface area contributed by atoms with Crippen LogP contribution >= 0.6 is 0 Å². The third-order valence-corrected chi connectivity index (χ3v) is 4.60. The third-order valence-electron chi connectivity index (χ3n) is 4.60. The predicted molar refractivity (Wildman–Crippen MR) is 89.7 cm³/mol. The van der Waals surface area contributed by atoms with Gasteiger partial charge in [0.15, 0.2) is 0 Å². The molecule has 1 unspecified atom stereocenters. The van der Waals surface area contributed by atoms with Crippen molar-refractivity contribution in [3.05, 3.63) is 35.4 Å². The number of nitrogens with zero attached hydrogens (tertiary/aromatic N) is 1. The number of benzene rings is 1. The van der Waals surface area contributed by atoms with Gasteiger partial charge in [-0.15, -0.1) is 0 Å². The van der Waals surface area contributed by atoms with Gasteiger partial charge < -0.3 is 10.6 Å². The number of carbonyl (C=O) groups is 3. The van der Waals surface area contributed by atoms with Crippen molar-refractivity contribution >= 4 is 17.7 Å². The van der Waals surface area contributed by atoms with E-state index in [1.165, 1.54) is 4.90 Å². The summed E-state index contributed by atoms with van der Waals surface area (Å²) in [6.07, 6.45) is 4.16. The minimum absolute atomic E-state index is 0.0649. The van der Waals surface area contributed by atoms with Crippen molar-refractivity contribution < 1.29 is 14.4 Å². The quantitative estimate of drug-likeness (QED) is 0.584. The van der Waals surface area contributed by atoms with Crippen molar-refractivity contribution in [1.82, 2.24) is 15.5 Å². The molecule has 0 aliphatic carbocycles. The summed E-state index contributed by atoms with van der Waals surface area (Å²) in [4.78, 5) is 37.5. The second kappa shape index (κ2) is 7.57. The zero-order valence-corrected chi connectivity index (χ0v) is 13.7. The molecule has 1 aromatic rings. The molecule has 6 nitrogen and oxygen atoms in total. The first-order valence-corrected chi connectivity index (χ1v) is 8.62. The average molecular weight is 329 g/mol. The van der Waals surface area contributed by atoms with Crippen molar-refractivity contribution in [2.45, 2.75) is 38.1 Å². The Bertz CT molecular complexity index is 603. The van der Waals surface area contributed by atoms with Gasteiger partial charge >= 0.3 is 0 Å². The monoisotopic (exact) mass is 329 g/mol. The summed E-state index contributed by atoms with van der Waals surface area (Å²) in [5.74, 6) is -0.367. The normalized spacial score (nSPS) is 19.7. The second-order valence-electron chi connectivity index (χ2n) is 6.36. The fraction of sp³-hybridized carbons (Fsp3) is 0.500. The second-order valence-corrected chi connectivity index (χ2v) is 6.36. The van der Waals surface area contributed by atoms with E-state index in [1.54, 1.807) is 24.3 Å². The molecule has 0 radical (unpaired) electrons. The highest BCUT2D eigenvalue weighted by Crippen LogP contribution is 2.22. The van der Waals surface area contributed by atoms with Crippen LogP contribution in [0, 0.1) is 0 Å². The third kappa shape index (κ3) is 3.64. The van der Waals surface area contributed by atoms with Gasteiger partial charge in [0, 0.05) is 25.6 Å². The van der Waals surface area contributed by atoms with E-state index in [4.69, 9.17) is 0 Å². The molecule has 24 heavy (non-hydrogen) atoms. The van der Waals surface area contributed by atoms with Gasteiger partial charge in [-0.3, -0.25) is 19.3 Å². The van der Waals surface area contributed by atoms with Crippen LogP contribution in [-0.4, -0.2) is 48.3 Å². The van der Waals surface area contributed by atoms with Gasteiger partial charge in [-0.2, -0.15) is 0 Å². The number of imide groups is 1. The predicted octanol–water partition coefficient (Wildman–Crippen LogP) is 1.32. The van der Waals surface area contributed by atoms with Gasteiger partial charge in [-0.25, -0.2) is 0 Å². The Balaban J connectivity index is 1.36. The first kappa shape index (κ1) is 16.6. The minimum Gasteiger partial charge on any atom is -0.356 e. The molecule has 128 valence electrons. The van der Waals surface area contributed by atoms with E-state index in [0.29, 0.717) is 43.1 Å². The van der Waals surface area contributed by atoms with Crippen molar-refractivity contribution in [3.8, 4) is 0 Å². The Morgan fingerprint density at radius 3 is 2.50 bits per heavy atom. The Labute approximate surface area is 141 Å². The largest absolute Gasteiger partial charge is 0.356 e. The SMILES string of the molecule is O=C(CC1CCCN1)NCCCCN1C(=O)c2ccccc2C1=O. The molecule has 6 heteroatoms. The van der Waals surface area contributed by atoms with Gasteiger partial charge in [0.25, 0.3) is 11.8 Å². The highest BCUT2D eigenvalue weighted by Gasteiger charge is 2.34. The molecule has 0 bridgehead atoms. The number of carbonyl (C=O) groups excluding carboxylic acids is 3. The maximum Gasteiger partial charge on any atom is 0.261 e. The number of unbranched alkanes of at least 4 members (excludes halogenated alkanes) is 1. The zero-order chi connectivity index (χ0) is 16.9. The molecule has 2 aliphatic heterocycles. The van der Waals surface area contributed by atoms with Crippen LogP contribution in [0.15, 0.2) is 24.3 Å². The molecule has 0 aromatic heterocycles. The first-order chi connectivity index (χ1) is 11.7. The average Bonchev–Trinajstić information content (AvgIpc) is 3.17. The maximum absolute atomic E-state index is 12.2. The van der Waals surface area contributed by atoms with Crippen LogP contribution in [0.4, 0.5) is 0 Å². The lowest BCUT2D eigenvalue weighted by molar-refractivity contribution is -0.121. The minimum atomic E-state index is -0.216. The van der Waals surface area contributed by atoms with Gasteiger partial charge in [0.2, 0.25) is 5.91 Å². The first-order valence-electron chi connectivity index (χ1n) is 8.62. The van der Waals surface area contributed by atoms with Gasteiger partial charge in [-0.1, -0.05) is 12.1 Å². The van der Waals surface area contributed by atoms with Crippen molar-refractivity contribution in [2.24, 2.45) is 0 Å². The number of fused-ring (bicyclic) bond motifs is 1. The van der Waals surface area contributed by atoms with Gasteiger partial charge in [0.05, 0.1) is 11.1 Å². The van der Waals surface area contributed by atoms with E-state index in [1.807, 2.05) is 0 Å². The number of amides is 3. The van der Waals surface area contributed by atoms with Crippen molar-refractivity contribution in [2.75, 3.05) is 19.6 Å². The molecule has 3 rings (SSSR count). The van der Waals surface area contributed by atoms with Gasteiger partial charge in [0.1, 0.15) is 0 Å². The summed E-state index contributed by atoms with van der Waals surface area (Å²) < 4.78 is 0. The van der Waals surface area contributed by atoms with E-state index >= 15 is 0 Å². The van der Waals surface area contributed by atoms with E-state index in [-0.39, 0.29) is 17.7 Å². The lowest BCUT2D eigenvalue weighted by Gasteiger charge is -2.14. The molecular weight excluding hydrogens is 306 g/mol. The molecule has 2 aliphatic rings. The van der Waals surface area contributed by atoms with Gasteiger partial charge in [-0.05, 0) is 44.4 Å². The van der Waals surface area contributed by atoms with E-state index in [2.05, 4.69) is 10.6 Å². The van der Waals surface area contributed by atoms with E-state index in [9.17, 15) is 14.4 Å². The molecule has 2 N–H and O–H groups in total. The zero-order valence-electron chi connectivity index (χ0n) is 13.7. The number of hydrogen-bond donors (Lipinski definition) is 2. The molecule has 1 atom stereocenters. The molecule has 1 saturated heterocycles. The van der Waals surface area contributed by atoms with E-state index < -0.39 is 0 Å². The van der Waals surface area contributed by atoms with Crippen molar-refractivity contribution in [3.63, 3.8) is 0 Å². The summed E-state index contributed by atoms with van der Waals surface area (Å²) in [6, 6.07) is 7.22. The van der Waals surface area contributed by atoms with Crippen LogP contribution in [-0.2, 0) is 4.79 Å². The number of rotatable bonds is 7. The van der Waals surface area contributed by atoms with E-state index in [0.717, 1.165) is 25.8 Å². The van der Waals surface area contributed by atoms with Crippen LogP contribution in [0.1, 0.15) is 52.8 Å². The molecule has 0 saturated carbocycles. The number of hydrogen-bond acceptors (Lipinski definition) is 4. The molecule has 1 fully saturated rings. The van der Waals surface area contributed by atoms with Crippen molar-refractivity contribution in [1.29, 1.82) is 0 Å². The van der Waals surface area contributed by atoms with Crippen LogP contribution < -0.4 is 10.6 Å². The molecular formula is C18H23N3O3. The highest BCUT2D eigenvalue weighted by atomic mass is 16.2. The summed E-state index contributed by atoms with van der Waals surface area (Å²) in [7, 11) is 0. The topological polar surface area (TPSA) is 78.5 Å². The summed E-state index contributed by atoms with van der Waals surface area (Å²) in [6.45, 7) is 1.97.